The second kappa shape index (κ2) is 4.94. The van der Waals surface area contributed by atoms with Gasteiger partial charge in [0.1, 0.15) is 6.10 Å². The summed E-state index contributed by atoms with van der Waals surface area (Å²) in [7, 11) is 0. The van der Waals surface area contributed by atoms with Crippen LogP contribution in [-0.4, -0.2) is 36.3 Å². The standard InChI is InChI=1S/C13H16N2O3/c16-13(15-10-2-3-10)9-1-4-12(14-7-9)18-11-5-6-17-8-11/h1,4,7,10-11H,2-3,5-6,8H2,(H,15,16)/t11-/m1/s1. The van der Waals surface area contributed by atoms with E-state index in [4.69, 9.17) is 9.47 Å². The molecule has 0 aromatic carbocycles. The fraction of sp³-hybridized carbons (Fsp3) is 0.538. The molecule has 1 aromatic heterocycles. The molecule has 2 fully saturated rings. The topological polar surface area (TPSA) is 60.5 Å². The molecule has 0 bridgehead atoms. The van der Waals surface area contributed by atoms with Crippen molar-refractivity contribution < 1.29 is 14.3 Å². The number of hydrogen-bond acceptors (Lipinski definition) is 4. The number of amides is 1. The highest BCUT2D eigenvalue weighted by Gasteiger charge is 2.24. The average molecular weight is 248 g/mol. The first-order valence-corrected chi connectivity index (χ1v) is 6.32. The van der Waals surface area contributed by atoms with E-state index in [1.165, 1.54) is 0 Å². The van der Waals surface area contributed by atoms with Crippen LogP contribution < -0.4 is 10.1 Å². The van der Waals surface area contributed by atoms with Crippen molar-refractivity contribution in [2.45, 2.75) is 31.4 Å². The van der Waals surface area contributed by atoms with Crippen LogP contribution in [0.2, 0.25) is 0 Å². The Morgan fingerprint density at radius 1 is 1.39 bits per heavy atom. The number of pyridine rings is 1. The number of aromatic nitrogens is 1. The molecule has 2 heterocycles. The van der Waals surface area contributed by atoms with Gasteiger partial charge in [0, 0.05) is 24.7 Å². The summed E-state index contributed by atoms with van der Waals surface area (Å²) in [6, 6.07) is 3.85. The van der Waals surface area contributed by atoms with Crippen LogP contribution in [0.1, 0.15) is 29.6 Å². The first kappa shape index (κ1) is 11.5. The molecule has 18 heavy (non-hydrogen) atoms. The predicted octanol–water partition coefficient (Wildman–Crippen LogP) is 1.14. The van der Waals surface area contributed by atoms with Crippen molar-refractivity contribution in [2.75, 3.05) is 13.2 Å². The number of carbonyl (C=O) groups is 1. The highest BCUT2D eigenvalue weighted by atomic mass is 16.5. The second-order valence-corrected chi connectivity index (χ2v) is 4.74. The molecular weight excluding hydrogens is 232 g/mol. The molecule has 0 radical (unpaired) electrons. The van der Waals surface area contributed by atoms with Crippen LogP contribution in [0.4, 0.5) is 0 Å². The summed E-state index contributed by atoms with van der Waals surface area (Å²) in [4.78, 5) is 15.9. The van der Waals surface area contributed by atoms with E-state index in [-0.39, 0.29) is 12.0 Å². The van der Waals surface area contributed by atoms with E-state index in [0.717, 1.165) is 25.9 Å². The van der Waals surface area contributed by atoms with Crippen LogP contribution in [0.3, 0.4) is 0 Å². The number of ether oxygens (including phenoxy) is 2. The Kier molecular flexibility index (Phi) is 3.15. The van der Waals surface area contributed by atoms with Gasteiger partial charge in [0.05, 0.1) is 18.8 Å². The highest BCUT2D eigenvalue weighted by molar-refractivity contribution is 5.94. The molecule has 2 aliphatic rings. The van der Waals surface area contributed by atoms with E-state index in [2.05, 4.69) is 10.3 Å². The fourth-order valence-corrected chi connectivity index (χ4v) is 1.86. The van der Waals surface area contributed by atoms with E-state index in [1.807, 2.05) is 0 Å². The van der Waals surface area contributed by atoms with E-state index in [0.29, 0.717) is 24.1 Å². The molecule has 0 spiro atoms. The maximum Gasteiger partial charge on any atom is 0.253 e. The third-order valence-corrected chi connectivity index (χ3v) is 3.09. The zero-order valence-electron chi connectivity index (χ0n) is 10.1. The molecule has 1 aliphatic heterocycles. The SMILES string of the molecule is O=C(NC1CC1)c1ccc(O[C@@H]2CCOC2)nc1. The second-order valence-electron chi connectivity index (χ2n) is 4.74. The lowest BCUT2D eigenvalue weighted by Crippen LogP contribution is -2.25. The minimum Gasteiger partial charge on any atom is -0.472 e. The average Bonchev–Trinajstić information content (AvgIpc) is 3.04. The summed E-state index contributed by atoms with van der Waals surface area (Å²) >= 11 is 0. The maximum absolute atomic E-state index is 11.7. The van der Waals surface area contributed by atoms with Crippen molar-refractivity contribution in [1.29, 1.82) is 0 Å². The number of carbonyl (C=O) groups excluding carboxylic acids is 1. The maximum atomic E-state index is 11.7. The molecule has 5 nitrogen and oxygen atoms in total. The minimum absolute atomic E-state index is 0.0549. The van der Waals surface area contributed by atoms with Crippen molar-refractivity contribution in [3.63, 3.8) is 0 Å². The first-order valence-electron chi connectivity index (χ1n) is 6.32. The van der Waals surface area contributed by atoms with E-state index < -0.39 is 0 Å². The Balaban J connectivity index is 1.58. The molecule has 1 aliphatic carbocycles. The van der Waals surface area contributed by atoms with Crippen LogP contribution in [0, 0.1) is 0 Å². The third-order valence-electron chi connectivity index (χ3n) is 3.09. The lowest BCUT2D eigenvalue weighted by Gasteiger charge is -2.10. The lowest BCUT2D eigenvalue weighted by molar-refractivity contribution is 0.0950. The van der Waals surface area contributed by atoms with Gasteiger partial charge in [0.15, 0.2) is 0 Å². The van der Waals surface area contributed by atoms with Crippen LogP contribution >= 0.6 is 0 Å². The summed E-state index contributed by atoms with van der Waals surface area (Å²) in [5, 5.41) is 2.92. The van der Waals surface area contributed by atoms with Crippen molar-refractivity contribution in [3.8, 4) is 5.88 Å². The molecule has 1 amide bonds. The monoisotopic (exact) mass is 248 g/mol. The van der Waals surface area contributed by atoms with Crippen molar-refractivity contribution in [3.05, 3.63) is 23.9 Å². The van der Waals surface area contributed by atoms with Gasteiger partial charge in [-0.3, -0.25) is 4.79 Å². The van der Waals surface area contributed by atoms with Crippen LogP contribution in [-0.2, 0) is 4.74 Å². The summed E-state index contributed by atoms with van der Waals surface area (Å²) in [6.07, 6.45) is 4.71. The summed E-state index contributed by atoms with van der Waals surface area (Å²) in [5.74, 6) is 0.495. The van der Waals surface area contributed by atoms with Gasteiger partial charge in [-0.15, -0.1) is 0 Å². The molecule has 5 heteroatoms. The van der Waals surface area contributed by atoms with Crippen LogP contribution in [0.25, 0.3) is 0 Å². The lowest BCUT2D eigenvalue weighted by atomic mass is 10.2. The minimum atomic E-state index is -0.0549. The molecule has 96 valence electrons. The molecule has 3 rings (SSSR count). The Hall–Kier alpha value is -1.62. The molecule has 1 aromatic rings. The van der Waals surface area contributed by atoms with Gasteiger partial charge in [0.25, 0.3) is 5.91 Å². The highest BCUT2D eigenvalue weighted by Crippen LogP contribution is 2.20. The van der Waals surface area contributed by atoms with Crippen molar-refractivity contribution in [2.24, 2.45) is 0 Å². The molecule has 1 saturated heterocycles. The normalized spacial score (nSPS) is 22.8. The largest absolute Gasteiger partial charge is 0.472 e. The van der Waals surface area contributed by atoms with Gasteiger partial charge in [0.2, 0.25) is 5.88 Å². The van der Waals surface area contributed by atoms with E-state index in [1.54, 1.807) is 18.3 Å². The predicted molar refractivity (Wildman–Crippen MR) is 64.6 cm³/mol. The first-order chi connectivity index (χ1) is 8.81. The van der Waals surface area contributed by atoms with E-state index >= 15 is 0 Å². The van der Waals surface area contributed by atoms with Crippen LogP contribution in [0.5, 0.6) is 5.88 Å². The molecule has 1 N–H and O–H groups in total. The summed E-state index contributed by atoms with van der Waals surface area (Å²) in [6.45, 7) is 1.36. The Morgan fingerprint density at radius 2 is 2.28 bits per heavy atom. The Bertz CT molecular complexity index is 422. The van der Waals surface area contributed by atoms with Crippen molar-refractivity contribution in [1.82, 2.24) is 10.3 Å². The fourth-order valence-electron chi connectivity index (χ4n) is 1.86. The van der Waals surface area contributed by atoms with Gasteiger partial charge in [-0.25, -0.2) is 4.98 Å². The summed E-state index contributed by atoms with van der Waals surface area (Å²) < 4.78 is 10.9. The molecular formula is C13H16N2O3. The van der Waals surface area contributed by atoms with Gasteiger partial charge >= 0.3 is 0 Å². The Morgan fingerprint density at radius 3 is 2.89 bits per heavy atom. The van der Waals surface area contributed by atoms with Gasteiger partial charge < -0.3 is 14.8 Å². The smallest absolute Gasteiger partial charge is 0.253 e. The van der Waals surface area contributed by atoms with Crippen molar-refractivity contribution >= 4 is 5.91 Å². The zero-order chi connectivity index (χ0) is 12.4. The Labute approximate surface area is 105 Å². The quantitative estimate of drug-likeness (QED) is 0.868. The zero-order valence-corrected chi connectivity index (χ0v) is 10.1. The van der Waals surface area contributed by atoms with Gasteiger partial charge in [-0.2, -0.15) is 0 Å². The number of rotatable bonds is 4. The van der Waals surface area contributed by atoms with Crippen LogP contribution in [0.15, 0.2) is 18.3 Å². The number of nitrogens with one attached hydrogen (secondary N) is 1. The number of nitrogens with zero attached hydrogens (tertiary/aromatic N) is 1. The summed E-state index contributed by atoms with van der Waals surface area (Å²) in [5.41, 5.74) is 0.580. The number of hydrogen-bond donors (Lipinski definition) is 1. The molecule has 1 saturated carbocycles. The van der Waals surface area contributed by atoms with E-state index in [9.17, 15) is 4.79 Å². The third kappa shape index (κ3) is 2.79. The van der Waals surface area contributed by atoms with Gasteiger partial charge in [-0.1, -0.05) is 0 Å². The molecule has 0 unspecified atom stereocenters. The van der Waals surface area contributed by atoms with Gasteiger partial charge in [-0.05, 0) is 18.9 Å². The molecule has 1 atom stereocenters.